The molecule has 0 bridgehead atoms. The van der Waals surface area contributed by atoms with Gasteiger partial charge in [0.2, 0.25) is 11.8 Å². The van der Waals surface area contributed by atoms with Gasteiger partial charge in [-0.3, -0.25) is 9.59 Å². The molecule has 0 saturated carbocycles. The normalized spacial score (nSPS) is 24.8. The second kappa shape index (κ2) is 7.72. The van der Waals surface area contributed by atoms with Crippen molar-refractivity contribution in [1.29, 1.82) is 0 Å². The van der Waals surface area contributed by atoms with Gasteiger partial charge in [0.05, 0.1) is 6.04 Å². The molecule has 7 nitrogen and oxygen atoms in total. The van der Waals surface area contributed by atoms with Gasteiger partial charge >= 0.3 is 6.03 Å². The molecule has 0 spiro atoms. The molecule has 3 rings (SSSR count). The first-order valence-electron chi connectivity index (χ1n) is 8.87. The lowest BCUT2D eigenvalue weighted by Gasteiger charge is -2.34. The minimum Gasteiger partial charge on any atom is -0.343 e. The highest BCUT2D eigenvalue weighted by molar-refractivity contribution is 5.97. The lowest BCUT2D eigenvalue weighted by Crippen LogP contribution is -2.61. The number of hydrogen-bond acceptors (Lipinski definition) is 3. The van der Waals surface area contributed by atoms with Crippen LogP contribution in [-0.4, -0.2) is 47.4 Å². The van der Waals surface area contributed by atoms with Gasteiger partial charge in [0, 0.05) is 13.1 Å². The number of piperazine rings is 1. The van der Waals surface area contributed by atoms with Gasteiger partial charge in [0.1, 0.15) is 17.9 Å². The summed E-state index contributed by atoms with van der Waals surface area (Å²) in [7, 11) is 0. The Morgan fingerprint density at radius 1 is 1.38 bits per heavy atom. The molecule has 2 heterocycles. The standard InChI is InChI=1S/C18H23FN4O3/c1-2-4-14-17(25)23-10-13(8-15(23)16(24)22-14)21-18(26)20-9-11-5-3-6-12(19)7-11/h3,5-7,13-15H,2,4,8-10H2,1H3,(H,22,24)(H2,20,21,26)/t13-,14-,15-/m0/s1. The molecular formula is C18H23FN4O3. The second-order valence-corrected chi connectivity index (χ2v) is 6.75. The fraction of sp³-hybridized carbons (Fsp3) is 0.500. The molecule has 0 radical (unpaired) electrons. The van der Waals surface area contributed by atoms with Gasteiger partial charge in [-0.15, -0.1) is 0 Å². The fourth-order valence-corrected chi connectivity index (χ4v) is 3.51. The highest BCUT2D eigenvalue weighted by atomic mass is 19.1. The van der Waals surface area contributed by atoms with Crippen LogP contribution < -0.4 is 16.0 Å². The summed E-state index contributed by atoms with van der Waals surface area (Å²) >= 11 is 0. The molecule has 2 fully saturated rings. The maximum atomic E-state index is 13.1. The number of nitrogens with one attached hydrogen (secondary N) is 3. The molecule has 0 aliphatic carbocycles. The zero-order valence-corrected chi connectivity index (χ0v) is 14.6. The Balaban J connectivity index is 1.53. The minimum atomic E-state index is -0.524. The summed E-state index contributed by atoms with van der Waals surface area (Å²) in [6.07, 6.45) is 1.81. The molecule has 0 unspecified atom stereocenters. The molecule has 1 aromatic rings. The van der Waals surface area contributed by atoms with E-state index in [0.717, 1.165) is 6.42 Å². The number of nitrogens with zero attached hydrogens (tertiary/aromatic N) is 1. The highest BCUT2D eigenvalue weighted by Crippen LogP contribution is 2.23. The van der Waals surface area contributed by atoms with Gasteiger partial charge in [-0.1, -0.05) is 25.5 Å². The molecule has 2 aliphatic heterocycles. The molecule has 8 heteroatoms. The lowest BCUT2D eigenvalue weighted by molar-refractivity contribution is -0.147. The summed E-state index contributed by atoms with van der Waals surface area (Å²) in [4.78, 5) is 38.3. The molecule has 2 aliphatic rings. The molecule has 4 amide bonds. The molecular weight excluding hydrogens is 339 g/mol. The average Bonchev–Trinajstić information content (AvgIpc) is 3.02. The molecule has 1 aromatic carbocycles. The molecule has 140 valence electrons. The van der Waals surface area contributed by atoms with E-state index in [4.69, 9.17) is 0 Å². The van der Waals surface area contributed by atoms with Crippen molar-refractivity contribution in [3.05, 3.63) is 35.6 Å². The summed E-state index contributed by atoms with van der Waals surface area (Å²) in [5, 5.41) is 8.23. The number of rotatable bonds is 5. The lowest BCUT2D eigenvalue weighted by atomic mass is 10.0. The molecule has 26 heavy (non-hydrogen) atoms. The van der Waals surface area contributed by atoms with E-state index in [1.54, 1.807) is 17.0 Å². The number of amides is 4. The van der Waals surface area contributed by atoms with Crippen LogP contribution in [0.5, 0.6) is 0 Å². The Morgan fingerprint density at radius 3 is 2.92 bits per heavy atom. The van der Waals surface area contributed by atoms with Crippen molar-refractivity contribution in [3.8, 4) is 0 Å². The van der Waals surface area contributed by atoms with Crippen LogP contribution in [0.15, 0.2) is 24.3 Å². The molecule has 3 N–H and O–H groups in total. The highest BCUT2D eigenvalue weighted by Gasteiger charge is 2.46. The molecule has 2 saturated heterocycles. The van der Waals surface area contributed by atoms with E-state index in [0.29, 0.717) is 24.9 Å². The Kier molecular flexibility index (Phi) is 5.39. The van der Waals surface area contributed by atoms with Crippen LogP contribution >= 0.6 is 0 Å². The van der Waals surface area contributed by atoms with E-state index < -0.39 is 18.1 Å². The number of urea groups is 1. The molecule has 3 atom stereocenters. The van der Waals surface area contributed by atoms with Crippen molar-refractivity contribution in [3.63, 3.8) is 0 Å². The smallest absolute Gasteiger partial charge is 0.315 e. The van der Waals surface area contributed by atoms with Crippen molar-refractivity contribution >= 4 is 17.8 Å². The Morgan fingerprint density at radius 2 is 2.19 bits per heavy atom. The van der Waals surface area contributed by atoms with Crippen molar-refractivity contribution in [1.82, 2.24) is 20.9 Å². The second-order valence-electron chi connectivity index (χ2n) is 6.75. The van der Waals surface area contributed by atoms with Crippen LogP contribution in [0.1, 0.15) is 31.7 Å². The van der Waals surface area contributed by atoms with Crippen LogP contribution in [-0.2, 0) is 16.1 Å². The zero-order valence-electron chi connectivity index (χ0n) is 14.6. The van der Waals surface area contributed by atoms with Crippen LogP contribution in [0.2, 0.25) is 0 Å². The number of benzene rings is 1. The van der Waals surface area contributed by atoms with Gasteiger partial charge in [-0.25, -0.2) is 9.18 Å². The maximum Gasteiger partial charge on any atom is 0.315 e. The van der Waals surface area contributed by atoms with Gasteiger partial charge in [0.15, 0.2) is 0 Å². The van der Waals surface area contributed by atoms with Crippen LogP contribution in [0.3, 0.4) is 0 Å². The topological polar surface area (TPSA) is 90.5 Å². The predicted molar refractivity (Wildman–Crippen MR) is 92.5 cm³/mol. The summed E-state index contributed by atoms with van der Waals surface area (Å²) in [5.74, 6) is -0.600. The summed E-state index contributed by atoms with van der Waals surface area (Å²) in [6.45, 7) is 2.48. The van der Waals surface area contributed by atoms with Crippen LogP contribution in [0.4, 0.5) is 9.18 Å². The van der Waals surface area contributed by atoms with Crippen molar-refractivity contribution in [2.75, 3.05) is 6.54 Å². The molecule has 0 aromatic heterocycles. The van der Waals surface area contributed by atoms with Crippen molar-refractivity contribution in [2.45, 2.75) is 50.9 Å². The number of hydrogen-bond donors (Lipinski definition) is 3. The number of carbonyl (C=O) groups excluding carboxylic acids is 3. The Labute approximate surface area is 151 Å². The number of carbonyl (C=O) groups is 3. The van der Waals surface area contributed by atoms with E-state index in [1.807, 2.05) is 6.92 Å². The fourth-order valence-electron chi connectivity index (χ4n) is 3.51. The number of halogens is 1. The van der Waals surface area contributed by atoms with E-state index in [9.17, 15) is 18.8 Å². The SMILES string of the molecule is CCC[C@@H]1NC(=O)[C@@H]2C[C@H](NC(=O)NCc3cccc(F)c3)CN2C1=O. The third kappa shape index (κ3) is 3.95. The van der Waals surface area contributed by atoms with Crippen LogP contribution in [0.25, 0.3) is 0 Å². The van der Waals surface area contributed by atoms with Crippen molar-refractivity contribution in [2.24, 2.45) is 0 Å². The van der Waals surface area contributed by atoms with Gasteiger partial charge < -0.3 is 20.9 Å². The van der Waals surface area contributed by atoms with E-state index in [1.165, 1.54) is 12.1 Å². The van der Waals surface area contributed by atoms with Gasteiger partial charge in [-0.2, -0.15) is 0 Å². The number of fused-ring (bicyclic) bond motifs is 1. The summed E-state index contributed by atoms with van der Waals surface area (Å²) < 4.78 is 13.1. The third-order valence-electron chi connectivity index (χ3n) is 4.76. The minimum absolute atomic E-state index is 0.0825. The quantitative estimate of drug-likeness (QED) is 0.727. The largest absolute Gasteiger partial charge is 0.343 e. The first-order chi connectivity index (χ1) is 12.5. The first-order valence-corrected chi connectivity index (χ1v) is 8.87. The summed E-state index contributed by atoms with van der Waals surface area (Å²) in [6, 6.07) is 4.30. The Hall–Kier alpha value is -2.64. The van der Waals surface area contributed by atoms with Gasteiger partial charge in [0.25, 0.3) is 0 Å². The first kappa shape index (κ1) is 18.2. The van der Waals surface area contributed by atoms with E-state index in [2.05, 4.69) is 16.0 Å². The van der Waals surface area contributed by atoms with E-state index >= 15 is 0 Å². The van der Waals surface area contributed by atoms with Gasteiger partial charge in [-0.05, 0) is 30.5 Å². The predicted octanol–water partition coefficient (Wildman–Crippen LogP) is 0.893. The Bertz CT molecular complexity index is 711. The van der Waals surface area contributed by atoms with Crippen LogP contribution in [0, 0.1) is 5.82 Å². The zero-order chi connectivity index (χ0) is 18.7. The monoisotopic (exact) mass is 362 g/mol. The van der Waals surface area contributed by atoms with Crippen molar-refractivity contribution < 1.29 is 18.8 Å². The van der Waals surface area contributed by atoms with E-state index in [-0.39, 0.29) is 30.2 Å². The third-order valence-corrected chi connectivity index (χ3v) is 4.76. The maximum absolute atomic E-state index is 13.1. The summed E-state index contributed by atoms with van der Waals surface area (Å²) in [5.41, 5.74) is 0.654. The average molecular weight is 362 g/mol.